The minimum absolute atomic E-state index is 0.282. The average molecular weight is 214 g/mol. The van der Waals surface area contributed by atoms with Crippen LogP contribution in [0.15, 0.2) is 36.7 Å². The molecular formula is C11H10N4O. The van der Waals surface area contributed by atoms with Gasteiger partial charge in [0.1, 0.15) is 0 Å². The van der Waals surface area contributed by atoms with Gasteiger partial charge in [-0.1, -0.05) is 6.07 Å². The van der Waals surface area contributed by atoms with Crippen LogP contribution in [0.5, 0.6) is 0 Å². The smallest absolute Gasteiger partial charge is 0.250 e. The van der Waals surface area contributed by atoms with Gasteiger partial charge in [-0.2, -0.15) is 0 Å². The van der Waals surface area contributed by atoms with E-state index in [4.69, 9.17) is 11.5 Å². The first-order valence-electron chi connectivity index (χ1n) is 4.66. The number of carbonyl (C=O) groups excluding carboxylic acids is 1. The molecule has 5 heteroatoms. The van der Waals surface area contributed by atoms with Crippen molar-refractivity contribution in [2.75, 3.05) is 5.73 Å². The monoisotopic (exact) mass is 214 g/mol. The third-order valence-corrected chi connectivity index (χ3v) is 2.18. The number of nitrogens with zero attached hydrogens (tertiary/aromatic N) is 2. The first-order chi connectivity index (χ1) is 7.70. The first kappa shape index (κ1) is 10.1. The standard InChI is InChI=1S/C11H10N4O/c12-9-7(10(13)16)3-1-4-8(9)11-14-5-2-6-15-11/h1-6H,12H2,(H2,13,16). The number of nitrogens with two attached hydrogens (primary N) is 2. The van der Waals surface area contributed by atoms with E-state index in [0.29, 0.717) is 17.1 Å². The van der Waals surface area contributed by atoms with Gasteiger partial charge in [0, 0.05) is 18.0 Å². The topological polar surface area (TPSA) is 94.9 Å². The molecule has 0 unspecified atom stereocenters. The largest absolute Gasteiger partial charge is 0.397 e. The van der Waals surface area contributed by atoms with E-state index in [0.717, 1.165) is 0 Å². The molecule has 0 fully saturated rings. The normalized spacial score (nSPS) is 10.0. The highest BCUT2D eigenvalue weighted by Gasteiger charge is 2.11. The molecular weight excluding hydrogens is 204 g/mol. The van der Waals surface area contributed by atoms with E-state index >= 15 is 0 Å². The van der Waals surface area contributed by atoms with E-state index in [1.165, 1.54) is 0 Å². The Hall–Kier alpha value is -2.43. The number of primary amides is 1. The molecule has 2 aromatic rings. The fraction of sp³-hybridized carbons (Fsp3) is 0. The van der Waals surface area contributed by atoms with Crippen molar-refractivity contribution in [3.8, 4) is 11.4 Å². The number of anilines is 1. The van der Waals surface area contributed by atoms with Crippen molar-refractivity contribution in [1.29, 1.82) is 0 Å². The lowest BCUT2D eigenvalue weighted by Crippen LogP contribution is -2.14. The Morgan fingerprint density at radius 3 is 2.44 bits per heavy atom. The van der Waals surface area contributed by atoms with Crippen molar-refractivity contribution < 1.29 is 4.79 Å². The van der Waals surface area contributed by atoms with Gasteiger partial charge in [-0.25, -0.2) is 9.97 Å². The molecule has 4 N–H and O–H groups in total. The molecule has 0 radical (unpaired) electrons. The van der Waals surface area contributed by atoms with Crippen molar-refractivity contribution in [3.05, 3.63) is 42.2 Å². The fourth-order valence-corrected chi connectivity index (χ4v) is 1.41. The number of benzene rings is 1. The maximum Gasteiger partial charge on any atom is 0.250 e. The molecule has 0 atom stereocenters. The highest BCUT2D eigenvalue weighted by Crippen LogP contribution is 2.25. The minimum Gasteiger partial charge on any atom is -0.397 e. The summed E-state index contributed by atoms with van der Waals surface area (Å²) in [4.78, 5) is 19.2. The maximum absolute atomic E-state index is 11.1. The molecule has 2 rings (SSSR count). The van der Waals surface area contributed by atoms with Crippen LogP contribution in [0.1, 0.15) is 10.4 Å². The Kier molecular flexibility index (Phi) is 2.51. The highest BCUT2D eigenvalue weighted by molar-refractivity contribution is 6.01. The molecule has 0 saturated heterocycles. The van der Waals surface area contributed by atoms with Gasteiger partial charge in [0.15, 0.2) is 5.82 Å². The molecule has 1 heterocycles. The summed E-state index contributed by atoms with van der Waals surface area (Å²) in [5.41, 5.74) is 12.2. The van der Waals surface area contributed by atoms with Crippen molar-refractivity contribution in [3.63, 3.8) is 0 Å². The van der Waals surface area contributed by atoms with E-state index in [2.05, 4.69) is 9.97 Å². The highest BCUT2D eigenvalue weighted by atomic mass is 16.1. The number of rotatable bonds is 2. The van der Waals surface area contributed by atoms with Crippen molar-refractivity contribution >= 4 is 11.6 Å². The van der Waals surface area contributed by atoms with Gasteiger partial charge in [0.25, 0.3) is 5.91 Å². The van der Waals surface area contributed by atoms with Gasteiger partial charge in [-0.15, -0.1) is 0 Å². The van der Waals surface area contributed by atoms with E-state index in [-0.39, 0.29) is 5.56 Å². The van der Waals surface area contributed by atoms with Gasteiger partial charge in [-0.3, -0.25) is 4.79 Å². The number of amides is 1. The summed E-state index contributed by atoms with van der Waals surface area (Å²) >= 11 is 0. The van der Waals surface area contributed by atoms with Crippen LogP contribution in [-0.4, -0.2) is 15.9 Å². The van der Waals surface area contributed by atoms with Crippen LogP contribution in [0.2, 0.25) is 0 Å². The number of hydrogen-bond acceptors (Lipinski definition) is 4. The third kappa shape index (κ3) is 1.70. The van der Waals surface area contributed by atoms with E-state index in [1.807, 2.05) is 0 Å². The molecule has 1 amide bonds. The SMILES string of the molecule is NC(=O)c1cccc(-c2ncccn2)c1N. The third-order valence-electron chi connectivity index (χ3n) is 2.18. The van der Waals surface area contributed by atoms with Crippen LogP contribution < -0.4 is 11.5 Å². The molecule has 5 nitrogen and oxygen atoms in total. The molecule has 1 aromatic carbocycles. The van der Waals surface area contributed by atoms with Crippen LogP contribution in [0.25, 0.3) is 11.4 Å². The molecule has 16 heavy (non-hydrogen) atoms. The lowest BCUT2D eigenvalue weighted by molar-refractivity contribution is 0.100. The van der Waals surface area contributed by atoms with Crippen molar-refractivity contribution in [2.45, 2.75) is 0 Å². The first-order valence-corrected chi connectivity index (χ1v) is 4.66. The van der Waals surface area contributed by atoms with Crippen LogP contribution >= 0.6 is 0 Å². The molecule has 0 aliphatic heterocycles. The Labute approximate surface area is 92.1 Å². The molecule has 0 saturated carbocycles. The van der Waals surface area contributed by atoms with Gasteiger partial charge in [-0.05, 0) is 18.2 Å². The predicted molar refractivity (Wildman–Crippen MR) is 60.4 cm³/mol. The van der Waals surface area contributed by atoms with Gasteiger partial charge in [0.2, 0.25) is 0 Å². The fourth-order valence-electron chi connectivity index (χ4n) is 1.41. The van der Waals surface area contributed by atoms with Gasteiger partial charge in [0.05, 0.1) is 11.3 Å². The number of carbonyl (C=O) groups is 1. The zero-order chi connectivity index (χ0) is 11.5. The van der Waals surface area contributed by atoms with Crippen molar-refractivity contribution in [1.82, 2.24) is 9.97 Å². The number of nitrogen functional groups attached to an aromatic ring is 1. The summed E-state index contributed by atoms with van der Waals surface area (Å²) in [6.45, 7) is 0. The maximum atomic E-state index is 11.1. The zero-order valence-corrected chi connectivity index (χ0v) is 8.42. The van der Waals surface area contributed by atoms with Crippen LogP contribution in [0.3, 0.4) is 0 Å². The summed E-state index contributed by atoms with van der Waals surface area (Å²) in [6, 6.07) is 6.72. The number of hydrogen-bond donors (Lipinski definition) is 2. The van der Waals surface area contributed by atoms with Gasteiger partial charge < -0.3 is 11.5 Å². The Balaban J connectivity index is 2.59. The zero-order valence-electron chi connectivity index (χ0n) is 8.42. The summed E-state index contributed by atoms with van der Waals surface area (Å²) in [5.74, 6) is -0.0848. The second kappa shape index (κ2) is 3.98. The van der Waals surface area contributed by atoms with Crippen LogP contribution in [-0.2, 0) is 0 Å². The Morgan fingerprint density at radius 1 is 1.12 bits per heavy atom. The molecule has 0 spiro atoms. The van der Waals surface area contributed by atoms with E-state index in [9.17, 15) is 4.79 Å². The second-order valence-corrected chi connectivity index (χ2v) is 3.20. The predicted octanol–water partition coefficient (Wildman–Crippen LogP) is 0.825. The van der Waals surface area contributed by atoms with Crippen LogP contribution in [0, 0.1) is 0 Å². The number of aromatic nitrogens is 2. The Morgan fingerprint density at radius 2 is 1.81 bits per heavy atom. The Bertz CT molecular complexity index is 525. The summed E-state index contributed by atoms with van der Waals surface area (Å²) in [7, 11) is 0. The second-order valence-electron chi connectivity index (χ2n) is 3.20. The van der Waals surface area contributed by atoms with E-state index in [1.54, 1.807) is 36.7 Å². The van der Waals surface area contributed by atoms with Gasteiger partial charge >= 0.3 is 0 Å². The lowest BCUT2D eigenvalue weighted by Gasteiger charge is -2.06. The molecule has 1 aromatic heterocycles. The summed E-state index contributed by atoms with van der Waals surface area (Å²) < 4.78 is 0. The summed E-state index contributed by atoms with van der Waals surface area (Å²) in [5, 5.41) is 0. The van der Waals surface area contributed by atoms with Crippen molar-refractivity contribution in [2.24, 2.45) is 5.73 Å². The summed E-state index contributed by atoms with van der Waals surface area (Å²) in [6.07, 6.45) is 3.22. The number of para-hydroxylation sites is 1. The quantitative estimate of drug-likeness (QED) is 0.723. The average Bonchev–Trinajstić information content (AvgIpc) is 2.30. The van der Waals surface area contributed by atoms with E-state index < -0.39 is 5.91 Å². The minimum atomic E-state index is -0.560. The molecule has 0 bridgehead atoms. The molecule has 0 aliphatic carbocycles. The molecule has 0 aliphatic rings. The van der Waals surface area contributed by atoms with Crippen LogP contribution in [0.4, 0.5) is 5.69 Å². The molecule has 80 valence electrons. The lowest BCUT2D eigenvalue weighted by atomic mass is 10.1.